The minimum absolute atomic E-state index is 0.195. The summed E-state index contributed by atoms with van der Waals surface area (Å²) in [4.78, 5) is 5.64. The standard InChI is InChI=1S/C15H23N5S/c1-10-14(21-9-16-10)11(2)17-12(3)15-19-18-13-7-5-4-6-8-20(13)15/h9,11-12,17H,4-8H2,1-3H3. The van der Waals surface area contributed by atoms with Gasteiger partial charge >= 0.3 is 0 Å². The van der Waals surface area contributed by atoms with E-state index in [4.69, 9.17) is 0 Å². The second-order valence-corrected chi connectivity index (χ2v) is 6.74. The van der Waals surface area contributed by atoms with Crippen molar-refractivity contribution in [3.05, 3.63) is 27.7 Å². The van der Waals surface area contributed by atoms with Crippen molar-refractivity contribution >= 4 is 11.3 Å². The van der Waals surface area contributed by atoms with Crippen molar-refractivity contribution in [2.24, 2.45) is 0 Å². The molecule has 3 heterocycles. The highest BCUT2D eigenvalue weighted by Crippen LogP contribution is 2.25. The molecule has 6 heteroatoms. The van der Waals surface area contributed by atoms with Crippen molar-refractivity contribution in [2.75, 3.05) is 0 Å². The maximum atomic E-state index is 4.43. The van der Waals surface area contributed by atoms with Crippen molar-refractivity contribution in [3.8, 4) is 0 Å². The molecule has 0 aliphatic carbocycles. The zero-order valence-corrected chi connectivity index (χ0v) is 13.8. The van der Waals surface area contributed by atoms with Crippen molar-refractivity contribution < 1.29 is 0 Å². The molecule has 0 saturated carbocycles. The van der Waals surface area contributed by atoms with Gasteiger partial charge in [-0.1, -0.05) is 6.42 Å². The molecule has 21 heavy (non-hydrogen) atoms. The highest BCUT2D eigenvalue weighted by atomic mass is 32.1. The second kappa shape index (κ2) is 6.23. The van der Waals surface area contributed by atoms with Crippen LogP contribution in [0.4, 0.5) is 0 Å². The summed E-state index contributed by atoms with van der Waals surface area (Å²) < 4.78 is 2.32. The lowest BCUT2D eigenvalue weighted by Gasteiger charge is -2.20. The van der Waals surface area contributed by atoms with Gasteiger partial charge in [0.25, 0.3) is 0 Å². The molecule has 2 unspecified atom stereocenters. The van der Waals surface area contributed by atoms with Crippen LogP contribution in [0.3, 0.4) is 0 Å². The largest absolute Gasteiger partial charge is 0.314 e. The van der Waals surface area contributed by atoms with Crippen LogP contribution in [0.25, 0.3) is 0 Å². The average molecular weight is 305 g/mol. The van der Waals surface area contributed by atoms with Crippen LogP contribution in [-0.2, 0) is 13.0 Å². The molecule has 0 amide bonds. The number of aromatic nitrogens is 4. The van der Waals surface area contributed by atoms with E-state index in [0.717, 1.165) is 30.3 Å². The molecule has 3 rings (SSSR count). The van der Waals surface area contributed by atoms with Crippen molar-refractivity contribution in [1.82, 2.24) is 25.1 Å². The first-order valence-electron chi connectivity index (χ1n) is 7.75. The Morgan fingerprint density at radius 2 is 2.05 bits per heavy atom. The van der Waals surface area contributed by atoms with E-state index in [1.54, 1.807) is 11.3 Å². The first-order valence-corrected chi connectivity index (χ1v) is 8.62. The highest BCUT2D eigenvalue weighted by molar-refractivity contribution is 7.09. The molecule has 2 atom stereocenters. The first-order chi connectivity index (χ1) is 10.2. The molecule has 5 nitrogen and oxygen atoms in total. The third-order valence-electron chi connectivity index (χ3n) is 4.20. The molecule has 1 N–H and O–H groups in total. The number of aryl methyl sites for hydroxylation is 2. The monoisotopic (exact) mass is 305 g/mol. The second-order valence-electron chi connectivity index (χ2n) is 5.85. The van der Waals surface area contributed by atoms with Crippen molar-refractivity contribution in [3.63, 3.8) is 0 Å². The summed E-state index contributed by atoms with van der Waals surface area (Å²) in [6.45, 7) is 7.49. The van der Waals surface area contributed by atoms with Gasteiger partial charge in [-0.15, -0.1) is 21.5 Å². The van der Waals surface area contributed by atoms with Crippen LogP contribution in [0.5, 0.6) is 0 Å². The zero-order valence-electron chi connectivity index (χ0n) is 13.0. The fourth-order valence-electron chi connectivity index (χ4n) is 3.08. The topological polar surface area (TPSA) is 55.6 Å². The van der Waals surface area contributed by atoms with E-state index in [2.05, 4.69) is 45.8 Å². The van der Waals surface area contributed by atoms with Gasteiger partial charge in [0.2, 0.25) is 0 Å². The zero-order chi connectivity index (χ0) is 14.8. The van der Waals surface area contributed by atoms with Gasteiger partial charge in [-0.2, -0.15) is 0 Å². The van der Waals surface area contributed by atoms with Crippen LogP contribution in [0.1, 0.15) is 67.4 Å². The van der Waals surface area contributed by atoms with Gasteiger partial charge in [-0.05, 0) is 33.6 Å². The molecular formula is C15H23N5S. The van der Waals surface area contributed by atoms with Gasteiger partial charge in [0, 0.05) is 23.9 Å². The predicted octanol–water partition coefficient (Wildman–Crippen LogP) is 3.18. The number of hydrogen-bond acceptors (Lipinski definition) is 5. The summed E-state index contributed by atoms with van der Waals surface area (Å²) in [7, 11) is 0. The van der Waals surface area contributed by atoms with Gasteiger partial charge in [0.15, 0.2) is 0 Å². The smallest absolute Gasteiger partial charge is 0.149 e. The molecule has 1 aliphatic heterocycles. The summed E-state index contributed by atoms with van der Waals surface area (Å²) in [5.74, 6) is 2.22. The maximum Gasteiger partial charge on any atom is 0.149 e. The Kier molecular flexibility index (Phi) is 4.35. The molecule has 0 radical (unpaired) electrons. The Hall–Kier alpha value is -1.27. The lowest BCUT2D eigenvalue weighted by molar-refractivity contribution is 0.455. The number of nitrogens with one attached hydrogen (secondary N) is 1. The Labute approximate surface area is 129 Å². The summed E-state index contributed by atoms with van der Waals surface area (Å²) >= 11 is 1.71. The number of nitrogens with zero attached hydrogens (tertiary/aromatic N) is 4. The van der Waals surface area contributed by atoms with Gasteiger partial charge in [-0.25, -0.2) is 4.98 Å². The molecule has 114 valence electrons. The Morgan fingerprint density at radius 1 is 1.19 bits per heavy atom. The Morgan fingerprint density at radius 3 is 2.81 bits per heavy atom. The van der Waals surface area contributed by atoms with E-state index >= 15 is 0 Å². The minimum Gasteiger partial charge on any atom is -0.314 e. The molecule has 0 fully saturated rings. The SMILES string of the molecule is Cc1ncsc1C(C)NC(C)c1nnc2n1CCCCC2. The van der Waals surface area contributed by atoms with Gasteiger partial charge < -0.3 is 9.88 Å². The summed E-state index contributed by atoms with van der Waals surface area (Å²) in [5, 5.41) is 12.5. The van der Waals surface area contributed by atoms with Crippen molar-refractivity contribution in [2.45, 2.75) is 65.1 Å². The Balaban J connectivity index is 1.75. The van der Waals surface area contributed by atoms with E-state index in [-0.39, 0.29) is 12.1 Å². The fraction of sp³-hybridized carbons (Fsp3) is 0.667. The average Bonchev–Trinajstić information content (AvgIpc) is 2.99. The molecule has 0 bridgehead atoms. The van der Waals surface area contributed by atoms with E-state index < -0.39 is 0 Å². The number of fused-ring (bicyclic) bond motifs is 1. The van der Waals surface area contributed by atoms with E-state index in [9.17, 15) is 0 Å². The highest BCUT2D eigenvalue weighted by Gasteiger charge is 2.21. The van der Waals surface area contributed by atoms with Crippen LogP contribution in [0.2, 0.25) is 0 Å². The fourth-order valence-corrected chi connectivity index (χ4v) is 3.90. The first kappa shape index (κ1) is 14.7. The molecule has 0 saturated heterocycles. The molecule has 2 aromatic heterocycles. The lowest BCUT2D eigenvalue weighted by Crippen LogP contribution is -2.25. The van der Waals surface area contributed by atoms with Crippen LogP contribution in [0, 0.1) is 6.92 Å². The molecule has 1 aliphatic rings. The minimum atomic E-state index is 0.195. The van der Waals surface area contributed by atoms with Gasteiger partial charge in [0.05, 0.1) is 17.2 Å². The van der Waals surface area contributed by atoms with Crippen LogP contribution in [-0.4, -0.2) is 19.7 Å². The van der Waals surface area contributed by atoms with Crippen LogP contribution >= 0.6 is 11.3 Å². The van der Waals surface area contributed by atoms with E-state index in [1.165, 1.54) is 24.1 Å². The Bertz CT molecular complexity index is 603. The quantitative estimate of drug-likeness (QED) is 0.942. The van der Waals surface area contributed by atoms with Crippen LogP contribution < -0.4 is 5.32 Å². The summed E-state index contributed by atoms with van der Waals surface area (Å²) in [5.41, 5.74) is 3.03. The lowest BCUT2D eigenvalue weighted by atomic mass is 10.2. The molecule has 0 spiro atoms. The number of thiazole rings is 1. The van der Waals surface area contributed by atoms with Crippen LogP contribution in [0.15, 0.2) is 5.51 Å². The molecule has 0 aromatic carbocycles. The maximum absolute atomic E-state index is 4.43. The molecular weight excluding hydrogens is 282 g/mol. The summed E-state index contributed by atoms with van der Waals surface area (Å²) in [6, 6.07) is 0.479. The molecule has 2 aromatic rings. The normalized spacial score (nSPS) is 18.0. The van der Waals surface area contributed by atoms with Gasteiger partial charge in [-0.3, -0.25) is 0 Å². The van der Waals surface area contributed by atoms with Crippen molar-refractivity contribution in [1.29, 1.82) is 0 Å². The third-order valence-corrected chi connectivity index (χ3v) is 5.32. The predicted molar refractivity (Wildman–Crippen MR) is 84.4 cm³/mol. The summed E-state index contributed by atoms with van der Waals surface area (Å²) in [6.07, 6.45) is 4.81. The van der Waals surface area contributed by atoms with Gasteiger partial charge in [0.1, 0.15) is 11.6 Å². The van der Waals surface area contributed by atoms with E-state index in [1.807, 2.05) is 5.51 Å². The van der Waals surface area contributed by atoms with E-state index in [0.29, 0.717) is 0 Å². The third kappa shape index (κ3) is 3.01. The number of rotatable bonds is 4. The number of hydrogen-bond donors (Lipinski definition) is 1.